The molecule has 0 amide bonds. The van der Waals surface area contributed by atoms with Gasteiger partial charge in [0.2, 0.25) is 0 Å². The maximum Gasteiger partial charge on any atom is 0.0921 e. The fraction of sp³-hybridized carbons (Fsp3) is 0.320. The lowest BCUT2D eigenvalue weighted by Gasteiger charge is -2.12. The van der Waals surface area contributed by atoms with Crippen LogP contribution in [0.2, 0.25) is 0 Å². The van der Waals surface area contributed by atoms with Gasteiger partial charge in [-0.15, -0.1) is 0 Å². The van der Waals surface area contributed by atoms with Gasteiger partial charge in [0.05, 0.1) is 6.33 Å². The molecule has 0 radical (unpaired) electrons. The van der Waals surface area contributed by atoms with Crippen molar-refractivity contribution in [2.45, 2.75) is 39.5 Å². The summed E-state index contributed by atoms with van der Waals surface area (Å²) in [5.41, 5.74) is 8.07. The first kappa shape index (κ1) is 20.1. The molecule has 0 aliphatic rings. The normalized spacial score (nSPS) is 11.7. The molecule has 3 aromatic rings. The highest BCUT2D eigenvalue weighted by Gasteiger charge is 2.06. The molecule has 2 aromatic carbocycles. The quantitative estimate of drug-likeness (QED) is 0.472. The first-order chi connectivity index (χ1) is 13.7. The number of benzene rings is 2. The van der Waals surface area contributed by atoms with E-state index in [1.807, 2.05) is 6.20 Å². The topological polar surface area (TPSA) is 40.7 Å². The summed E-state index contributed by atoms with van der Waals surface area (Å²) in [5, 5.41) is 3.54. The Labute approximate surface area is 168 Å². The molecule has 28 heavy (non-hydrogen) atoms. The van der Waals surface area contributed by atoms with E-state index in [9.17, 15) is 0 Å². The molecule has 0 unspecified atom stereocenters. The molecule has 0 fully saturated rings. The van der Waals surface area contributed by atoms with Gasteiger partial charge in [-0.05, 0) is 73.9 Å². The lowest BCUT2D eigenvalue weighted by Crippen LogP contribution is -2.15. The first-order valence-electron chi connectivity index (χ1n) is 10.2. The van der Waals surface area contributed by atoms with Gasteiger partial charge < -0.3 is 10.3 Å². The van der Waals surface area contributed by atoms with Crippen molar-refractivity contribution >= 4 is 5.57 Å². The van der Waals surface area contributed by atoms with Crippen molar-refractivity contribution in [2.24, 2.45) is 0 Å². The van der Waals surface area contributed by atoms with Gasteiger partial charge in [0.25, 0.3) is 0 Å². The highest BCUT2D eigenvalue weighted by atomic mass is 14.9. The maximum atomic E-state index is 4.06. The van der Waals surface area contributed by atoms with Crippen LogP contribution in [0.25, 0.3) is 5.57 Å². The Balaban J connectivity index is 1.49. The standard InChI is InChI=1S/C25H31N3/c1-20-9-3-4-10-22(20)17-23-11-5-6-13-25(23)21(2)14-16-26-15-8-7-12-24-18-27-19-28-24/h3-6,9-11,13-14,18-19,26H,7-8,12,15-17H2,1-2H3,(H,27,28)/b21-14+. The van der Waals surface area contributed by atoms with Crippen LogP contribution in [-0.2, 0) is 12.8 Å². The molecule has 1 heterocycles. The van der Waals surface area contributed by atoms with Crippen LogP contribution < -0.4 is 5.32 Å². The molecule has 3 nitrogen and oxygen atoms in total. The number of imidazole rings is 1. The van der Waals surface area contributed by atoms with Crippen molar-refractivity contribution in [2.75, 3.05) is 13.1 Å². The molecule has 0 saturated heterocycles. The summed E-state index contributed by atoms with van der Waals surface area (Å²) < 4.78 is 0. The van der Waals surface area contributed by atoms with Gasteiger partial charge in [-0.1, -0.05) is 54.6 Å². The van der Waals surface area contributed by atoms with Gasteiger partial charge in [0, 0.05) is 18.4 Å². The highest BCUT2D eigenvalue weighted by Crippen LogP contribution is 2.22. The van der Waals surface area contributed by atoms with Crippen LogP contribution in [-0.4, -0.2) is 23.1 Å². The number of unbranched alkanes of at least 4 members (excludes halogenated alkanes) is 1. The summed E-state index contributed by atoms with van der Waals surface area (Å²) in [5.74, 6) is 0. The van der Waals surface area contributed by atoms with Gasteiger partial charge in [-0.3, -0.25) is 0 Å². The van der Waals surface area contributed by atoms with Gasteiger partial charge >= 0.3 is 0 Å². The molecule has 0 atom stereocenters. The second kappa shape index (κ2) is 10.6. The number of rotatable bonds is 10. The van der Waals surface area contributed by atoms with E-state index >= 15 is 0 Å². The lowest BCUT2D eigenvalue weighted by atomic mass is 9.93. The van der Waals surface area contributed by atoms with Gasteiger partial charge in [-0.2, -0.15) is 0 Å². The molecule has 0 aliphatic heterocycles. The average Bonchev–Trinajstić information content (AvgIpc) is 3.23. The van der Waals surface area contributed by atoms with Gasteiger partial charge in [0.1, 0.15) is 0 Å². The number of allylic oxidation sites excluding steroid dienone is 1. The Morgan fingerprint density at radius 2 is 1.82 bits per heavy atom. The van der Waals surface area contributed by atoms with Crippen molar-refractivity contribution in [3.8, 4) is 0 Å². The van der Waals surface area contributed by atoms with Crippen LogP contribution >= 0.6 is 0 Å². The third-order valence-corrected chi connectivity index (χ3v) is 5.24. The predicted molar refractivity (Wildman–Crippen MR) is 118 cm³/mol. The van der Waals surface area contributed by atoms with E-state index in [1.54, 1.807) is 6.33 Å². The molecular formula is C25H31N3. The first-order valence-corrected chi connectivity index (χ1v) is 10.2. The molecule has 0 aliphatic carbocycles. The number of aromatic nitrogens is 2. The van der Waals surface area contributed by atoms with Crippen molar-refractivity contribution < 1.29 is 0 Å². The minimum atomic E-state index is 0.911. The number of H-pyrrole nitrogens is 1. The summed E-state index contributed by atoms with van der Waals surface area (Å²) in [6, 6.07) is 17.4. The van der Waals surface area contributed by atoms with Crippen molar-refractivity contribution in [1.82, 2.24) is 15.3 Å². The van der Waals surface area contributed by atoms with Crippen molar-refractivity contribution in [3.63, 3.8) is 0 Å². The lowest BCUT2D eigenvalue weighted by molar-refractivity contribution is 0.651. The average molecular weight is 374 g/mol. The van der Waals surface area contributed by atoms with Gasteiger partial charge in [0.15, 0.2) is 0 Å². The van der Waals surface area contributed by atoms with E-state index in [4.69, 9.17) is 0 Å². The molecule has 0 spiro atoms. The van der Waals surface area contributed by atoms with E-state index in [1.165, 1.54) is 46.4 Å². The Bertz CT molecular complexity index is 878. The van der Waals surface area contributed by atoms with E-state index in [0.29, 0.717) is 0 Å². The van der Waals surface area contributed by atoms with Crippen LogP contribution in [0, 0.1) is 6.92 Å². The summed E-state index contributed by atoms with van der Waals surface area (Å²) in [6.07, 6.45) is 10.4. The summed E-state index contributed by atoms with van der Waals surface area (Å²) in [6.45, 7) is 6.37. The third-order valence-electron chi connectivity index (χ3n) is 5.24. The minimum absolute atomic E-state index is 0.911. The Morgan fingerprint density at radius 3 is 2.61 bits per heavy atom. The van der Waals surface area contributed by atoms with Crippen LogP contribution in [0.15, 0.2) is 67.1 Å². The second-order valence-electron chi connectivity index (χ2n) is 7.39. The second-order valence-corrected chi connectivity index (χ2v) is 7.39. The molecule has 2 N–H and O–H groups in total. The summed E-state index contributed by atoms with van der Waals surface area (Å²) >= 11 is 0. The van der Waals surface area contributed by atoms with Crippen molar-refractivity contribution in [3.05, 3.63) is 95.1 Å². The van der Waals surface area contributed by atoms with Gasteiger partial charge in [-0.25, -0.2) is 4.98 Å². The monoisotopic (exact) mass is 373 g/mol. The van der Waals surface area contributed by atoms with E-state index in [-0.39, 0.29) is 0 Å². The number of nitrogens with zero attached hydrogens (tertiary/aromatic N) is 1. The fourth-order valence-electron chi connectivity index (χ4n) is 3.50. The minimum Gasteiger partial charge on any atom is -0.348 e. The molecule has 0 bridgehead atoms. The zero-order valence-electron chi connectivity index (χ0n) is 17.0. The van der Waals surface area contributed by atoms with E-state index in [2.05, 4.69) is 83.7 Å². The zero-order valence-corrected chi connectivity index (χ0v) is 17.0. The number of aromatic amines is 1. The fourth-order valence-corrected chi connectivity index (χ4v) is 3.50. The largest absolute Gasteiger partial charge is 0.348 e. The van der Waals surface area contributed by atoms with Crippen LogP contribution in [0.5, 0.6) is 0 Å². The molecule has 0 saturated carbocycles. The number of aryl methyl sites for hydroxylation is 2. The maximum absolute atomic E-state index is 4.06. The van der Waals surface area contributed by atoms with Crippen molar-refractivity contribution in [1.29, 1.82) is 0 Å². The smallest absolute Gasteiger partial charge is 0.0921 e. The Kier molecular flexibility index (Phi) is 7.62. The molecule has 3 rings (SSSR count). The molecule has 3 heteroatoms. The summed E-state index contributed by atoms with van der Waals surface area (Å²) in [7, 11) is 0. The van der Waals surface area contributed by atoms with E-state index < -0.39 is 0 Å². The zero-order chi connectivity index (χ0) is 19.6. The molecule has 146 valence electrons. The number of hydrogen-bond donors (Lipinski definition) is 2. The predicted octanol–water partition coefficient (Wildman–Crippen LogP) is 5.32. The Hall–Kier alpha value is -2.65. The van der Waals surface area contributed by atoms with E-state index in [0.717, 1.165) is 25.9 Å². The molecular weight excluding hydrogens is 342 g/mol. The third kappa shape index (κ3) is 5.93. The van der Waals surface area contributed by atoms with Crippen LogP contribution in [0.1, 0.15) is 47.7 Å². The number of hydrogen-bond acceptors (Lipinski definition) is 2. The van der Waals surface area contributed by atoms with Crippen LogP contribution in [0.3, 0.4) is 0 Å². The van der Waals surface area contributed by atoms with Crippen LogP contribution in [0.4, 0.5) is 0 Å². The Morgan fingerprint density at radius 1 is 1.04 bits per heavy atom. The number of nitrogens with one attached hydrogen (secondary N) is 2. The molecule has 1 aromatic heterocycles. The SMILES string of the molecule is C/C(=C\CNCCCCc1cnc[nH]1)c1ccccc1Cc1ccccc1C. The summed E-state index contributed by atoms with van der Waals surface area (Å²) in [4.78, 5) is 7.22. The highest BCUT2D eigenvalue weighted by molar-refractivity contribution is 5.67.